The molecule has 8 nitrogen and oxygen atoms in total. The summed E-state index contributed by atoms with van der Waals surface area (Å²) in [7, 11) is 0. The summed E-state index contributed by atoms with van der Waals surface area (Å²) in [5, 5.41) is 0. The van der Waals surface area contributed by atoms with Gasteiger partial charge in [-0.15, -0.1) is 0 Å². The standard InChI is InChI=1S/C58H82O8/c1-5-9-13-17-21-25-41-61-53-39-33-49(45-55(53)63-43-27-23-19-15-11-7-3)57(59)65-51-35-29-47(30-36-51)48-31-37-52(38-32-48)66-58(60)50-34-40-54(62-42-26-22-18-14-10-6-2)56(46-50)64-44-28-24-20-16-12-8-4/h29-40,45-46H,5-28,41-44H2,1-4H3. The maximum atomic E-state index is 13.4. The molecule has 0 aliphatic rings. The van der Waals surface area contributed by atoms with Gasteiger partial charge in [-0.1, -0.05) is 180 Å². The first-order valence-corrected chi connectivity index (χ1v) is 25.9. The van der Waals surface area contributed by atoms with Gasteiger partial charge in [0.05, 0.1) is 37.6 Å². The molecule has 4 aromatic carbocycles. The van der Waals surface area contributed by atoms with E-state index in [9.17, 15) is 9.59 Å². The molecule has 4 rings (SSSR count). The van der Waals surface area contributed by atoms with E-state index in [1.54, 1.807) is 48.5 Å². The van der Waals surface area contributed by atoms with Crippen molar-refractivity contribution in [1.82, 2.24) is 0 Å². The number of rotatable bonds is 37. The normalized spacial score (nSPS) is 11.0. The molecule has 0 radical (unpaired) electrons. The van der Waals surface area contributed by atoms with E-state index in [1.807, 2.05) is 36.4 Å². The van der Waals surface area contributed by atoms with Crippen LogP contribution in [0.15, 0.2) is 84.9 Å². The van der Waals surface area contributed by atoms with E-state index < -0.39 is 11.9 Å². The largest absolute Gasteiger partial charge is 0.490 e. The molecule has 66 heavy (non-hydrogen) atoms. The quantitative estimate of drug-likeness (QED) is 0.0251. The van der Waals surface area contributed by atoms with E-state index in [-0.39, 0.29) is 0 Å². The molecule has 0 saturated carbocycles. The van der Waals surface area contributed by atoms with Crippen molar-refractivity contribution < 1.29 is 38.0 Å². The number of hydrogen-bond acceptors (Lipinski definition) is 8. The number of hydrogen-bond donors (Lipinski definition) is 0. The Kier molecular flexibility index (Phi) is 27.2. The van der Waals surface area contributed by atoms with Gasteiger partial charge in [-0.3, -0.25) is 0 Å². The van der Waals surface area contributed by atoms with Crippen molar-refractivity contribution in [1.29, 1.82) is 0 Å². The second-order valence-electron chi connectivity index (χ2n) is 17.6. The Morgan fingerprint density at radius 2 is 0.591 bits per heavy atom. The van der Waals surface area contributed by atoms with Crippen LogP contribution in [0.4, 0.5) is 0 Å². The smallest absolute Gasteiger partial charge is 0.343 e. The molecule has 0 fully saturated rings. The number of ether oxygens (including phenoxy) is 6. The van der Waals surface area contributed by atoms with Crippen molar-refractivity contribution in [3.05, 3.63) is 96.1 Å². The van der Waals surface area contributed by atoms with Gasteiger partial charge in [-0.25, -0.2) is 9.59 Å². The van der Waals surface area contributed by atoms with E-state index >= 15 is 0 Å². The zero-order valence-corrected chi connectivity index (χ0v) is 41.1. The molecular formula is C58H82O8. The first kappa shape index (κ1) is 53.6. The van der Waals surface area contributed by atoms with Crippen molar-refractivity contribution in [3.8, 4) is 45.6 Å². The minimum Gasteiger partial charge on any atom is -0.490 e. The second kappa shape index (κ2) is 33.5. The van der Waals surface area contributed by atoms with Gasteiger partial charge in [0, 0.05) is 0 Å². The van der Waals surface area contributed by atoms with Gasteiger partial charge in [-0.05, 0) is 97.5 Å². The Labute approximate surface area is 398 Å². The van der Waals surface area contributed by atoms with E-state index in [4.69, 9.17) is 28.4 Å². The maximum Gasteiger partial charge on any atom is 0.343 e. The monoisotopic (exact) mass is 907 g/mol. The predicted octanol–water partition coefficient (Wildman–Crippen LogP) is 16.7. The molecule has 8 heteroatoms. The first-order chi connectivity index (χ1) is 32.4. The molecule has 0 bridgehead atoms. The SMILES string of the molecule is CCCCCCCCOc1ccc(C(=O)Oc2ccc(-c3ccc(OC(=O)c4ccc(OCCCCCCCC)c(OCCCCCCCC)c4)cc3)cc2)cc1OCCCCCCCC. The summed E-state index contributed by atoms with van der Waals surface area (Å²) in [6.07, 6.45) is 28.2. The number of esters is 2. The number of carbonyl (C=O) groups excluding carboxylic acids is 2. The van der Waals surface area contributed by atoms with E-state index in [0.29, 0.717) is 72.1 Å². The summed E-state index contributed by atoms with van der Waals surface area (Å²) in [5.41, 5.74) is 2.65. The summed E-state index contributed by atoms with van der Waals surface area (Å²) >= 11 is 0. The molecule has 0 aliphatic heterocycles. The Morgan fingerprint density at radius 3 is 0.894 bits per heavy atom. The van der Waals surface area contributed by atoms with Gasteiger partial charge >= 0.3 is 11.9 Å². The molecule has 0 heterocycles. The molecule has 0 spiro atoms. The topological polar surface area (TPSA) is 89.5 Å². The molecule has 0 saturated heterocycles. The summed E-state index contributed by atoms with van der Waals surface area (Å²) in [6, 6.07) is 25.3. The average Bonchev–Trinajstić information content (AvgIpc) is 3.33. The Morgan fingerprint density at radius 1 is 0.318 bits per heavy atom. The fraction of sp³-hybridized carbons (Fsp3) is 0.552. The molecule has 0 N–H and O–H groups in total. The highest BCUT2D eigenvalue weighted by Crippen LogP contribution is 2.32. The minimum atomic E-state index is -0.465. The zero-order valence-electron chi connectivity index (χ0n) is 41.1. The van der Waals surface area contributed by atoms with Gasteiger partial charge in [-0.2, -0.15) is 0 Å². The molecule has 0 aromatic heterocycles. The summed E-state index contributed by atoms with van der Waals surface area (Å²) in [6.45, 7) is 11.3. The fourth-order valence-electron chi connectivity index (χ4n) is 7.76. The highest BCUT2D eigenvalue weighted by atomic mass is 16.5. The van der Waals surface area contributed by atoms with Crippen molar-refractivity contribution in [2.75, 3.05) is 26.4 Å². The van der Waals surface area contributed by atoms with Crippen LogP contribution in [-0.2, 0) is 0 Å². The first-order valence-electron chi connectivity index (χ1n) is 25.9. The van der Waals surface area contributed by atoms with Crippen LogP contribution in [0.5, 0.6) is 34.5 Å². The third-order valence-electron chi connectivity index (χ3n) is 11.8. The van der Waals surface area contributed by atoms with Crippen LogP contribution in [-0.4, -0.2) is 38.4 Å². The van der Waals surface area contributed by atoms with Crippen LogP contribution < -0.4 is 28.4 Å². The molecule has 0 amide bonds. The second-order valence-corrected chi connectivity index (χ2v) is 17.6. The molecule has 4 aromatic rings. The van der Waals surface area contributed by atoms with Crippen molar-refractivity contribution in [3.63, 3.8) is 0 Å². The van der Waals surface area contributed by atoms with Crippen molar-refractivity contribution in [2.45, 2.75) is 182 Å². The summed E-state index contributed by atoms with van der Waals surface area (Å²) < 4.78 is 36.3. The zero-order chi connectivity index (χ0) is 46.9. The highest BCUT2D eigenvalue weighted by Gasteiger charge is 2.17. The molecular weight excluding hydrogens is 825 g/mol. The van der Waals surface area contributed by atoms with Gasteiger partial charge < -0.3 is 28.4 Å². The number of unbranched alkanes of at least 4 members (excludes halogenated alkanes) is 20. The lowest BCUT2D eigenvalue weighted by Gasteiger charge is -2.14. The lowest BCUT2D eigenvalue weighted by atomic mass is 10.1. The summed E-state index contributed by atoms with van der Waals surface area (Å²) in [5.74, 6) is 2.41. The van der Waals surface area contributed by atoms with Gasteiger partial charge in [0.25, 0.3) is 0 Å². The van der Waals surface area contributed by atoms with E-state index in [2.05, 4.69) is 27.7 Å². The van der Waals surface area contributed by atoms with Crippen LogP contribution in [0.2, 0.25) is 0 Å². The van der Waals surface area contributed by atoms with E-state index in [0.717, 1.165) is 62.5 Å². The molecule has 0 aliphatic carbocycles. The van der Waals surface area contributed by atoms with Crippen LogP contribution in [0.3, 0.4) is 0 Å². The van der Waals surface area contributed by atoms with Gasteiger partial charge in [0.2, 0.25) is 0 Å². The molecule has 0 unspecified atom stereocenters. The number of carbonyl (C=O) groups is 2. The Balaban J connectivity index is 1.33. The van der Waals surface area contributed by atoms with E-state index in [1.165, 1.54) is 103 Å². The predicted molar refractivity (Wildman–Crippen MR) is 270 cm³/mol. The lowest BCUT2D eigenvalue weighted by Crippen LogP contribution is -2.10. The average molecular weight is 907 g/mol. The van der Waals surface area contributed by atoms with Crippen LogP contribution >= 0.6 is 0 Å². The third-order valence-corrected chi connectivity index (χ3v) is 11.8. The maximum absolute atomic E-state index is 13.4. The van der Waals surface area contributed by atoms with Crippen molar-refractivity contribution in [2.24, 2.45) is 0 Å². The minimum absolute atomic E-state index is 0.402. The van der Waals surface area contributed by atoms with Crippen molar-refractivity contribution >= 4 is 11.9 Å². The number of benzene rings is 4. The van der Waals surface area contributed by atoms with Gasteiger partial charge in [0.1, 0.15) is 11.5 Å². The lowest BCUT2D eigenvalue weighted by molar-refractivity contribution is 0.0724. The Bertz CT molecular complexity index is 1760. The van der Waals surface area contributed by atoms with Gasteiger partial charge in [0.15, 0.2) is 23.0 Å². The highest BCUT2D eigenvalue weighted by molar-refractivity contribution is 5.92. The van der Waals surface area contributed by atoms with Crippen LogP contribution in [0.25, 0.3) is 11.1 Å². The van der Waals surface area contributed by atoms with Crippen LogP contribution in [0, 0.1) is 0 Å². The molecule has 362 valence electrons. The van der Waals surface area contributed by atoms with Crippen LogP contribution in [0.1, 0.15) is 203 Å². The Hall–Kier alpha value is -4.98. The summed E-state index contributed by atoms with van der Waals surface area (Å²) in [4.78, 5) is 26.7. The molecule has 0 atom stereocenters. The third kappa shape index (κ3) is 21.1. The fourth-order valence-corrected chi connectivity index (χ4v) is 7.76.